The molecule has 0 saturated carbocycles. The van der Waals surface area contributed by atoms with Crippen LogP contribution in [0.4, 0.5) is 11.4 Å². The van der Waals surface area contributed by atoms with E-state index in [0.29, 0.717) is 24.9 Å². The van der Waals surface area contributed by atoms with Crippen LogP contribution in [0.2, 0.25) is 0 Å². The average molecular weight is 302 g/mol. The van der Waals surface area contributed by atoms with Crippen LogP contribution in [0.5, 0.6) is 0 Å². The minimum absolute atomic E-state index is 0.0920. The van der Waals surface area contributed by atoms with Crippen LogP contribution in [0.15, 0.2) is 28.8 Å². The third kappa shape index (κ3) is 3.43. The highest BCUT2D eigenvalue weighted by molar-refractivity contribution is 5.95. The van der Waals surface area contributed by atoms with Crippen molar-refractivity contribution in [3.63, 3.8) is 0 Å². The summed E-state index contributed by atoms with van der Waals surface area (Å²) in [5.74, 6) is 0.678. The fraction of sp³-hybridized carbons (Fsp3) is 0.400. The number of amides is 1. The van der Waals surface area contributed by atoms with Gasteiger partial charge in [0.25, 0.3) is 0 Å². The van der Waals surface area contributed by atoms with Crippen molar-refractivity contribution in [1.29, 1.82) is 0 Å². The number of hydrogen-bond donors (Lipinski definition) is 1. The van der Waals surface area contributed by atoms with Gasteiger partial charge in [-0.3, -0.25) is 4.79 Å². The molecule has 7 nitrogen and oxygen atoms in total. The molecule has 1 aliphatic rings. The summed E-state index contributed by atoms with van der Waals surface area (Å²) in [7, 11) is 0. The minimum atomic E-state index is -0.165. The van der Waals surface area contributed by atoms with Gasteiger partial charge in [0.2, 0.25) is 11.8 Å². The standard InChI is InChI=1S/C15H18N4O3/c1-11-16-14(18-22-11)10-15(20)17-12-4-2-3-5-13(12)19-6-8-21-9-7-19/h2-5H,6-10H2,1H3,(H,17,20). The largest absolute Gasteiger partial charge is 0.378 e. The number of hydrogen-bond acceptors (Lipinski definition) is 6. The quantitative estimate of drug-likeness (QED) is 0.919. The molecule has 1 saturated heterocycles. The molecule has 1 aromatic carbocycles. The van der Waals surface area contributed by atoms with E-state index in [9.17, 15) is 4.79 Å². The lowest BCUT2D eigenvalue weighted by molar-refractivity contribution is -0.115. The molecule has 0 bridgehead atoms. The van der Waals surface area contributed by atoms with E-state index in [2.05, 4.69) is 20.4 Å². The molecule has 22 heavy (non-hydrogen) atoms. The van der Waals surface area contributed by atoms with Crippen molar-refractivity contribution < 1.29 is 14.1 Å². The van der Waals surface area contributed by atoms with Gasteiger partial charge >= 0.3 is 0 Å². The van der Waals surface area contributed by atoms with Crippen LogP contribution >= 0.6 is 0 Å². The first-order chi connectivity index (χ1) is 10.7. The van der Waals surface area contributed by atoms with Crippen molar-refractivity contribution >= 4 is 17.3 Å². The normalized spacial score (nSPS) is 14.9. The van der Waals surface area contributed by atoms with Gasteiger partial charge in [0, 0.05) is 20.0 Å². The summed E-state index contributed by atoms with van der Waals surface area (Å²) in [6, 6.07) is 7.75. The predicted octanol–water partition coefficient (Wildman–Crippen LogP) is 1.40. The molecule has 2 heterocycles. The maximum absolute atomic E-state index is 12.2. The molecule has 3 rings (SSSR count). The topological polar surface area (TPSA) is 80.5 Å². The average Bonchev–Trinajstić information content (AvgIpc) is 2.93. The van der Waals surface area contributed by atoms with Crippen molar-refractivity contribution in [3.8, 4) is 0 Å². The van der Waals surface area contributed by atoms with Crippen LogP contribution in [0.3, 0.4) is 0 Å². The van der Waals surface area contributed by atoms with Gasteiger partial charge in [-0.1, -0.05) is 17.3 Å². The van der Waals surface area contributed by atoms with Gasteiger partial charge in [-0.15, -0.1) is 0 Å². The van der Waals surface area contributed by atoms with Gasteiger partial charge in [0.05, 0.1) is 31.0 Å². The van der Waals surface area contributed by atoms with Crippen LogP contribution in [-0.2, 0) is 16.0 Å². The van der Waals surface area contributed by atoms with Crippen LogP contribution < -0.4 is 10.2 Å². The van der Waals surface area contributed by atoms with E-state index in [0.717, 1.165) is 24.5 Å². The first-order valence-electron chi connectivity index (χ1n) is 7.23. The van der Waals surface area contributed by atoms with E-state index in [1.165, 1.54) is 0 Å². The Morgan fingerprint density at radius 1 is 1.32 bits per heavy atom. The number of carbonyl (C=O) groups is 1. The number of carbonyl (C=O) groups excluding carboxylic acids is 1. The van der Waals surface area contributed by atoms with Crippen molar-refractivity contribution in [2.45, 2.75) is 13.3 Å². The molecule has 116 valence electrons. The van der Waals surface area contributed by atoms with Crippen molar-refractivity contribution in [2.24, 2.45) is 0 Å². The third-order valence-electron chi connectivity index (χ3n) is 3.42. The van der Waals surface area contributed by atoms with Crippen LogP contribution in [-0.4, -0.2) is 42.4 Å². The lowest BCUT2D eigenvalue weighted by Gasteiger charge is -2.30. The Hall–Kier alpha value is -2.41. The van der Waals surface area contributed by atoms with Crippen molar-refractivity contribution in [2.75, 3.05) is 36.5 Å². The van der Waals surface area contributed by atoms with Crippen LogP contribution in [0, 0.1) is 6.92 Å². The molecule has 1 fully saturated rings. The number of ether oxygens (including phenoxy) is 1. The third-order valence-corrected chi connectivity index (χ3v) is 3.42. The van der Waals surface area contributed by atoms with Crippen molar-refractivity contribution in [1.82, 2.24) is 10.1 Å². The molecule has 0 aliphatic carbocycles. The second-order valence-electron chi connectivity index (χ2n) is 5.07. The maximum atomic E-state index is 12.2. The molecule has 1 aromatic heterocycles. The zero-order chi connectivity index (χ0) is 15.4. The number of morpholine rings is 1. The Bertz CT molecular complexity index is 650. The van der Waals surface area contributed by atoms with Gasteiger partial charge < -0.3 is 19.5 Å². The van der Waals surface area contributed by atoms with Gasteiger partial charge in [-0.05, 0) is 12.1 Å². The number of aromatic nitrogens is 2. The Morgan fingerprint density at radius 2 is 2.09 bits per heavy atom. The number of nitrogens with one attached hydrogen (secondary N) is 1. The second-order valence-corrected chi connectivity index (χ2v) is 5.07. The minimum Gasteiger partial charge on any atom is -0.378 e. The molecule has 1 N–H and O–H groups in total. The number of anilines is 2. The maximum Gasteiger partial charge on any atom is 0.232 e. The van der Waals surface area contributed by atoms with E-state index in [1.807, 2.05) is 24.3 Å². The van der Waals surface area contributed by atoms with E-state index in [-0.39, 0.29) is 12.3 Å². The Balaban J connectivity index is 1.70. The fourth-order valence-electron chi connectivity index (χ4n) is 2.41. The van der Waals surface area contributed by atoms with Gasteiger partial charge in [0.1, 0.15) is 0 Å². The summed E-state index contributed by atoms with van der Waals surface area (Å²) in [6.45, 7) is 4.73. The zero-order valence-electron chi connectivity index (χ0n) is 12.4. The highest BCUT2D eigenvalue weighted by Gasteiger charge is 2.16. The lowest BCUT2D eigenvalue weighted by atomic mass is 10.2. The summed E-state index contributed by atoms with van der Waals surface area (Å²) in [5, 5.41) is 6.66. The number of aryl methyl sites for hydroxylation is 1. The summed E-state index contributed by atoms with van der Waals surface area (Å²) >= 11 is 0. The smallest absolute Gasteiger partial charge is 0.232 e. The zero-order valence-corrected chi connectivity index (χ0v) is 12.4. The summed E-state index contributed by atoms with van der Waals surface area (Å²) in [5.41, 5.74) is 1.79. The Morgan fingerprint density at radius 3 is 2.82 bits per heavy atom. The van der Waals surface area contributed by atoms with Gasteiger partial charge in [-0.25, -0.2) is 0 Å². The molecule has 2 aromatic rings. The summed E-state index contributed by atoms with van der Waals surface area (Å²) in [4.78, 5) is 18.4. The van der Waals surface area contributed by atoms with E-state index in [1.54, 1.807) is 6.92 Å². The molecule has 0 radical (unpaired) electrons. The first-order valence-corrected chi connectivity index (χ1v) is 7.23. The van der Waals surface area contributed by atoms with Crippen LogP contribution in [0.25, 0.3) is 0 Å². The molecular formula is C15H18N4O3. The monoisotopic (exact) mass is 302 g/mol. The SMILES string of the molecule is Cc1nc(CC(=O)Nc2ccccc2N2CCOCC2)no1. The van der Waals surface area contributed by atoms with Gasteiger partial charge in [-0.2, -0.15) is 4.98 Å². The number of rotatable bonds is 4. The summed E-state index contributed by atoms with van der Waals surface area (Å²) in [6.07, 6.45) is 0.0920. The second kappa shape index (κ2) is 6.57. The van der Waals surface area contributed by atoms with E-state index < -0.39 is 0 Å². The lowest BCUT2D eigenvalue weighted by Crippen LogP contribution is -2.36. The molecule has 1 amide bonds. The number of para-hydroxylation sites is 2. The highest BCUT2D eigenvalue weighted by atomic mass is 16.5. The highest BCUT2D eigenvalue weighted by Crippen LogP contribution is 2.26. The molecule has 0 spiro atoms. The molecule has 0 unspecified atom stereocenters. The molecule has 1 aliphatic heterocycles. The summed E-state index contributed by atoms with van der Waals surface area (Å²) < 4.78 is 10.2. The molecule has 7 heteroatoms. The fourth-order valence-corrected chi connectivity index (χ4v) is 2.41. The predicted molar refractivity (Wildman–Crippen MR) is 80.8 cm³/mol. The molecular weight excluding hydrogens is 284 g/mol. The van der Waals surface area contributed by atoms with Gasteiger partial charge in [0.15, 0.2) is 5.82 Å². The van der Waals surface area contributed by atoms with Crippen molar-refractivity contribution in [3.05, 3.63) is 36.0 Å². The Labute approximate surface area is 128 Å². The van der Waals surface area contributed by atoms with Crippen LogP contribution in [0.1, 0.15) is 11.7 Å². The number of nitrogens with zero attached hydrogens (tertiary/aromatic N) is 3. The van der Waals surface area contributed by atoms with E-state index >= 15 is 0 Å². The first kappa shape index (κ1) is 14.5. The molecule has 0 atom stereocenters. The Kier molecular flexibility index (Phi) is 4.34. The van der Waals surface area contributed by atoms with E-state index in [4.69, 9.17) is 9.26 Å². The number of benzene rings is 1.